The van der Waals surface area contributed by atoms with Gasteiger partial charge in [0.05, 0.1) is 25.9 Å². The van der Waals surface area contributed by atoms with E-state index in [1.807, 2.05) is 29.2 Å². The highest BCUT2D eigenvalue weighted by atomic mass is 16.7. The molecule has 3 aliphatic rings. The Morgan fingerprint density at radius 1 is 1.08 bits per heavy atom. The molecule has 1 unspecified atom stereocenters. The van der Waals surface area contributed by atoms with Gasteiger partial charge in [-0.3, -0.25) is 4.79 Å². The van der Waals surface area contributed by atoms with Crippen LogP contribution in [0.1, 0.15) is 42.5 Å². The second-order valence-electron chi connectivity index (χ2n) is 6.95. The van der Waals surface area contributed by atoms with Crippen molar-refractivity contribution in [3.8, 4) is 5.75 Å². The Labute approximate surface area is 142 Å². The molecule has 130 valence electrons. The first-order valence-corrected chi connectivity index (χ1v) is 9.08. The van der Waals surface area contributed by atoms with Gasteiger partial charge in [-0.15, -0.1) is 0 Å². The summed E-state index contributed by atoms with van der Waals surface area (Å²) in [4.78, 5) is 14.9. The molecule has 0 spiro atoms. The van der Waals surface area contributed by atoms with E-state index < -0.39 is 0 Å². The van der Waals surface area contributed by atoms with Crippen molar-refractivity contribution in [2.75, 3.05) is 26.4 Å². The minimum Gasteiger partial charge on any atom is -0.493 e. The zero-order valence-corrected chi connectivity index (χ0v) is 14.0. The van der Waals surface area contributed by atoms with Crippen LogP contribution < -0.4 is 4.74 Å². The number of rotatable bonds is 5. The van der Waals surface area contributed by atoms with Crippen molar-refractivity contribution in [1.29, 1.82) is 0 Å². The van der Waals surface area contributed by atoms with Gasteiger partial charge in [0.2, 0.25) is 0 Å². The van der Waals surface area contributed by atoms with Gasteiger partial charge in [0.1, 0.15) is 5.75 Å². The van der Waals surface area contributed by atoms with Crippen molar-refractivity contribution in [3.63, 3.8) is 0 Å². The molecule has 2 aliphatic heterocycles. The van der Waals surface area contributed by atoms with Gasteiger partial charge in [-0.25, -0.2) is 0 Å². The van der Waals surface area contributed by atoms with E-state index in [9.17, 15) is 4.79 Å². The lowest BCUT2D eigenvalue weighted by molar-refractivity contribution is -0.100. The SMILES string of the molecule is O=C(c1ccc(OCC2CC2)cc1)N1CCCCC1C1OCCO1. The number of hydrogen-bond donors (Lipinski definition) is 0. The van der Waals surface area contributed by atoms with Crippen LogP contribution in [0.25, 0.3) is 0 Å². The Balaban J connectivity index is 1.42. The Kier molecular flexibility index (Phi) is 4.72. The summed E-state index contributed by atoms with van der Waals surface area (Å²) in [6, 6.07) is 7.56. The summed E-state index contributed by atoms with van der Waals surface area (Å²) in [5.41, 5.74) is 0.707. The van der Waals surface area contributed by atoms with E-state index in [4.69, 9.17) is 14.2 Å². The molecule has 1 aromatic carbocycles. The van der Waals surface area contributed by atoms with Crippen LogP contribution in [0.4, 0.5) is 0 Å². The van der Waals surface area contributed by atoms with Crippen molar-refractivity contribution in [2.45, 2.75) is 44.4 Å². The fourth-order valence-corrected chi connectivity index (χ4v) is 3.45. The predicted molar refractivity (Wildman–Crippen MR) is 89.0 cm³/mol. The molecule has 5 heteroatoms. The topological polar surface area (TPSA) is 48.0 Å². The highest BCUT2D eigenvalue weighted by Gasteiger charge is 2.36. The monoisotopic (exact) mass is 331 g/mol. The van der Waals surface area contributed by atoms with Gasteiger partial charge in [0.15, 0.2) is 6.29 Å². The van der Waals surface area contributed by atoms with Gasteiger partial charge in [-0.05, 0) is 62.3 Å². The molecule has 1 aliphatic carbocycles. The highest BCUT2D eigenvalue weighted by molar-refractivity contribution is 5.94. The third kappa shape index (κ3) is 3.57. The van der Waals surface area contributed by atoms with Crippen LogP contribution in [0.2, 0.25) is 0 Å². The second kappa shape index (κ2) is 7.11. The number of hydrogen-bond acceptors (Lipinski definition) is 4. The molecule has 1 saturated carbocycles. The maximum absolute atomic E-state index is 12.9. The molecule has 1 amide bonds. The molecule has 0 radical (unpaired) electrons. The molecule has 4 rings (SSSR count). The van der Waals surface area contributed by atoms with Crippen molar-refractivity contribution >= 4 is 5.91 Å². The number of nitrogens with zero attached hydrogens (tertiary/aromatic N) is 1. The fraction of sp³-hybridized carbons (Fsp3) is 0.632. The van der Waals surface area contributed by atoms with Gasteiger partial charge >= 0.3 is 0 Å². The van der Waals surface area contributed by atoms with E-state index in [1.165, 1.54) is 12.8 Å². The van der Waals surface area contributed by atoms with Gasteiger partial charge in [-0.1, -0.05) is 0 Å². The first-order valence-electron chi connectivity index (χ1n) is 9.08. The lowest BCUT2D eigenvalue weighted by atomic mass is 10.00. The number of benzene rings is 1. The number of piperidine rings is 1. The molecule has 2 heterocycles. The third-order valence-corrected chi connectivity index (χ3v) is 5.06. The summed E-state index contributed by atoms with van der Waals surface area (Å²) in [6.45, 7) is 2.80. The molecule has 1 atom stereocenters. The Morgan fingerprint density at radius 3 is 2.54 bits per heavy atom. The smallest absolute Gasteiger partial charge is 0.254 e. The number of amides is 1. The first kappa shape index (κ1) is 15.9. The Bertz CT molecular complexity index is 563. The van der Waals surface area contributed by atoms with E-state index in [0.29, 0.717) is 18.8 Å². The van der Waals surface area contributed by atoms with Crippen LogP contribution in [-0.4, -0.2) is 49.5 Å². The van der Waals surface area contributed by atoms with E-state index in [2.05, 4.69) is 0 Å². The molecule has 0 bridgehead atoms. The summed E-state index contributed by atoms with van der Waals surface area (Å²) in [5, 5.41) is 0. The standard InChI is InChI=1S/C19H25NO4/c21-18(15-6-8-16(9-7-15)24-13-14-4-5-14)20-10-2-1-3-17(20)19-22-11-12-23-19/h6-9,14,17,19H,1-5,10-13H2. The van der Waals surface area contributed by atoms with Crippen LogP contribution in [0.5, 0.6) is 5.75 Å². The minimum atomic E-state index is -0.268. The maximum atomic E-state index is 12.9. The largest absolute Gasteiger partial charge is 0.493 e. The Hall–Kier alpha value is -1.59. The van der Waals surface area contributed by atoms with E-state index in [1.54, 1.807) is 0 Å². The zero-order valence-electron chi connectivity index (χ0n) is 14.0. The molecule has 1 aromatic rings. The zero-order chi connectivity index (χ0) is 16.4. The van der Waals surface area contributed by atoms with Gasteiger partial charge in [0.25, 0.3) is 5.91 Å². The molecule has 24 heavy (non-hydrogen) atoms. The Morgan fingerprint density at radius 2 is 1.83 bits per heavy atom. The number of carbonyl (C=O) groups is 1. The van der Waals surface area contributed by atoms with E-state index in [-0.39, 0.29) is 18.2 Å². The molecular formula is C19H25NO4. The van der Waals surface area contributed by atoms with Crippen molar-refractivity contribution in [1.82, 2.24) is 4.90 Å². The molecular weight excluding hydrogens is 306 g/mol. The average Bonchev–Trinajstić information content (AvgIpc) is 3.31. The summed E-state index contributed by atoms with van der Waals surface area (Å²) in [7, 11) is 0. The summed E-state index contributed by atoms with van der Waals surface area (Å²) in [5.74, 6) is 1.63. The maximum Gasteiger partial charge on any atom is 0.254 e. The number of ether oxygens (including phenoxy) is 3. The van der Waals surface area contributed by atoms with Crippen LogP contribution in [0, 0.1) is 5.92 Å². The van der Waals surface area contributed by atoms with Crippen LogP contribution in [0.3, 0.4) is 0 Å². The lowest BCUT2D eigenvalue weighted by Gasteiger charge is -2.38. The van der Waals surface area contributed by atoms with E-state index >= 15 is 0 Å². The first-order chi connectivity index (χ1) is 11.8. The molecule has 2 saturated heterocycles. The van der Waals surface area contributed by atoms with Crippen LogP contribution in [0.15, 0.2) is 24.3 Å². The highest BCUT2D eigenvalue weighted by Crippen LogP contribution is 2.30. The predicted octanol–water partition coefficient (Wildman–Crippen LogP) is 2.84. The summed E-state index contributed by atoms with van der Waals surface area (Å²) >= 11 is 0. The number of carbonyl (C=O) groups excluding carboxylic acids is 1. The molecule has 0 N–H and O–H groups in total. The summed E-state index contributed by atoms with van der Waals surface area (Å²) < 4.78 is 17.1. The van der Waals surface area contributed by atoms with E-state index in [0.717, 1.165) is 44.1 Å². The van der Waals surface area contributed by atoms with Crippen molar-refractivity contribution in [3.05, 3.63) is 29.8 Å². The second-order valence-corrected chi connectivity index (χ2v) is 6.95. The van der Waals surface area contributed by atoms with Crippen LogP contribution in [-0.2, 0) is 9.47 Å². The third-order valence-electron chi connectivity index (χ3n) is 5.06. The van der Waals surface area contributed by atoms with Crippen LogP contribution >= 0.6 is 0 Å². The van der Waals surface area contributed by atoms with Crippen molar-refractivity contribution in [2.24, 2.45) is 5.92 Å². The van der Waals surface area contributed by atoms with Crippen molar-refractivity contribution < 1.29 is 19.0 Å². The van der Waals surface area contributed by atoms with Gasteiger partial charge in [-0.2, -0.15) is 0 Å². The molecule has 0 aromatic heterocycles. The normalized spacial score (nSPS) is 25.0. The average molecular weight is 331 g/mol. The van der Waals surface area contributed by atoms with Gasteiger partial charge in [0, 0.05) is 12.1 Å². The summed E-state index contributed by atoms with van der Waals surface area (Å²) in [6.07, 6.45) is 5.38. The quantitative estimate of drug-likeness (QED) is 0.832. The molecule has 3 fully saturated rings. The van der Waals surface area contributed by atoms with Gasteiger partial charge < -0.3 is 19.1 Å². The molecule has 5 nitrogen and oxygen atoms in total. The minimum absolute atomic E-state index is 0.0274. The number of likely N-dealkylation sites (tertiary alicyclic amines) is 1. The lowest BCUT2D eigenvalue weighted by Crippen LogP contribution is -2.50. The fourth-order valence-electron chi connectivity index (χ4n) is 3.45.